The Bertz CT molecular complexity index is 1080. The van der Waals surface area contributed by atoms with Crippen LogP contribution in [0.2, 0.25) is 0 Å². The van der Waals surface area contributed by atoms with Crippen LogP contribution in [-0.2, 0) is 4.79 Å². The minimum absolute atomic E-state index is 0.0263. The molecule has 0 saturated carbocycles. The summed E-state index contributed by atoms with van der Waals surface area (Å²) in [5.74, 6) is -0.425. The average Bonchev–Trinajstić information content (AvgIpc) is 3.32. The molecule has 0 aliphatic carbocycles. The van der Waals surface area contributed by atoms with Gasteiger partial charge in [-0.3, -0.25) is 14.7 Å². The number of amides is 2. The monoisotopic (exact) mass is 431 g/mol. The van der Waals surface area contributed by atoms with Crippen molar-refractivity contribution < 1.29 is 9.59 Å². The number of aromatic nitrogens is 2. The first-order valence-electron chi connectivity index (χ1n) is 11.0. The zero-order valence-electron chi connectivity index (χ0n) is 18.5. The van der Waals surface area contributed by atoms with Gasteiger partial charge in [0.15, 0.2) is 5.69 Å². The SMILES string of the molecule is Cc1cccc(NC2CCN(C(=O)CNC(=O)c3cc(-c4ccccc4)[nH]n3)CC2)c1C. The molecule has 0 bridgehead atoms. The predicted molar refractivity (Wildman–Crippen MR) is 125 cm³/mol. The number of piperidine rings is 1. The molecule has 1 aliphatic rings. The summed E-state index contributed by atoms with van der Waals surface area (Å²) in [5.41, 5.74) is 5.69. The van der Waals surface area contributed by atoms with E-state index in [1.54, 1.807) is 6.07 Å². The Kier molecular flexibility index (Phi) is 6.54. The number of aryl methyl sites for hydroxylation is 1. The predicted octanol–water partition coefficient (Wildman–Crippen LogP) is 3.53. The van der Waals surface area contributed by atoms with Crippen molar-refractivity contribution in [3.63, 3.8) is 0 Å². The first-order valence-corrected chi connectivity index (χ1v) is 11.0. The van der Waals surface area contributed by atoms with Gasteiger partial charge < -0.3 is 15.5 Å². The van der Waals surface area contributed by atoms with E-state index in [4.69, 9.17) is 0 Å². The molecule has 0 atom stereocenters. The molecule has 3 N–H and O–H groups in total. The van der Waals surface area contributed by atoms with Crippen molar-refractivity contribution in [2.45, 2.75) is 32.7 Å². The molecule has 4 rings (SSSR count). The lowest BCUT2D eigenvalue weighted by molar-refractivity contribution is -0.131. The fourth-order valence-corrected chi connectivity index (χ4v) is 3.96. The maximum absolute atomic E-state index is 12.6. The number of anilines is 1. The van der Waals surface area contributed by atoms with Crippen molar-refractivity contribution in [2.75, 3.05) is 25.0 Å². The minimum Gasteiger partial charge on any atom is -0.382 e. The van der Waals surface area contributed by atoms with Crippen LogP contribution in [0.1, 0.15) is 34.5 Å². The molecule has 166 valence electrons. The van der Waals surface area contributed by atoms with E-state index in [1.165, 1.54) is 11.1 Å². The van der Waals surface area contributed by atoms with Crippen LogP contribution < -0.4 is 10.6 Å². The molecule has 7 heteroatoms. The van der Waals surface area contributed by atoms with E-state index in [-0.39, 0.29) is 24.1 Å². The number of aromatic amines is 1. The van der Waals surface area contributed by atoms with Crippen LogP contribution in [0, 0.1) is 13.8 Å². The Morgan fingerprint density at radius 1 is 1.06 bits per heavy atom. The van der Waals surface area contributed by atoms with Crippen LogP contribution in [0.4, 0.5) is 5.69 Å². The van der Waals surface area contributed by atoms with Gasteiger partial charge in [-0.15, -0.1) is 0 Å². The largest absolute Gasteiger partial charge is 0.382 e. The second-order valence-electron chi connectivity index (χ2n) is 8.26. The van der Waals surface area contributed by atoms with Gasteiger partial charge in [0.2, 0.25) is 5.91 Å². The number of hydrogen-bond donors (Lipinski definition) is 3. The molecule has 7 nitrogen and oxygen atoms in total. The number of carbonyl (C=O) groups is 2. The quantitative estimate of drug-likeness (QED) is 0.557. The van der Waals surface area contributed by atoms with E-state index in [0.29, 0.717) is 19.1 Å². The summed E-state index contributed by atoms with van der Waals surface area (Å²) in [5, 5.41) is 13.3. The molecule has 0 radical (unpaired) electrons. The molecule has 2 amide bonds. The summed E-state index contributed by atoms with van der Waals surface area (Å²) >= 11 is 0. The summed E-state index contributed by atoms with van der Waals surface area (Å²) in [4.78, 5) is 26.8. The summed E-state index contributed by atoms with van der Waals surface area (Å²) in [6, 6.07) is 18.0. The summed E-state index contributed by atoms with van der Waals surface area (Å²) in [6.45, 7) is 5.57. The number of nitrogens with zero attached hydrogens (tertiary/aromatic N) is 2. The lowest BCUT2D eigenvalue weighted by Gasteiger charge is -2.33. The molecule has 0 unspecified atom stereocenters. The molecule has 32 heavy (non-hydrogen) atoms. The maximum Gasteiger partial charge on any atom is 0.272 e. The third-order valence-corrected chi connectivity index (χ3v) is 6.11. The molecule has 3 aromatic rings. The lowest BCUT2D eigenvalue weighted by Crippen LogP contribution is -2.46. The van der Waals surface area contributed by atoms with Gasteiger partial charge in [0.1, 0.15) is 0 Å². The van der Waals surface area contributed by atoms with Gasteiger partial charge in [0.05, 0.1) is 12.2 Å². The number of H-pyrrole nitrogens is 1. The Morgan fingerprint density at radius 2 is 1.81 bits per heavy atom. The van der Waals surface area contributed by atoms with E-state index >= 15 is 0 Å². The average molecular weight is 432 g/mol. The minimum atomic E-state index is -0.358. The molecule has 1 aliphatic heterocycles. The zero-order valence-corrected chi connectivity index (χ0v) is 18.5. The van der Waals surface area contributed by atoms with Crippen molar-refractivity contribution in [1.29, 1.82) is 0 Å². The third kappa shape index (κ3) is 4.99. The smallest absolute Gasteiger partial charge is 0.272 e. The standard InChI is InChI=1S/C25H29N5O2/c1-17-7-6-10-21(18(17)2)27-20-11-13-30(14-12-20)24(31)16-26-25(32)23-15-22(28-29-23)19-8-4-3-5-9-19/h3-10,15,20,27H,11-14,16H2,1-2H3,(H,26,32)(H,28,29). The summed E-state index contributed by atoms with van der Waals surface area (Å²) in [7, 11) is 0. The second kappa shape index (κ2) is 9.68. The van der Waals surface area contributed by atoms with Crippen LogP contribution in [0.5, 0.6) is 0 Å². The van der Waals surface area contributed by atoms with Gasteiger partial charge in [-0.1, -0.05) is 42.5 Å². The van der Waals surface area contributed by atoms with Crippen molar-refractivity contribution in [1.82, 2.24) is 20.4 Å². The maximum atomic E-state index is 12.6. The highest BCUT2D eigenvalue weighted by molar-refractivity contribution is 5.95. The Hall–Kier alpha value is -3.61. The van der Waals surface area contributed by atoms with Crippen LogP contribution in [-0.4, -0.2) is 52.6 Å². The van der Waals surface area contributed by atoms with E-state index < -0.39 is 0 Å². The highest BCUT2D eigenvalue weighted by Crippen LogP contribution is 2.22. The van der Waals surface area contributed by atoms with Crippen molar-refractivity contribution >= 4 is 17.5 Å². The fourth-order valence-electron chi connectivity index (χ4n) is 3.96. The molecule has 1 aromatic heterocycles. The Balaban J connectivity index is 1.24. The second-order valence-corrected chi connectivity index (χ2v) is 8.26. The topological polar surface area (TPSA) is 90.1 Å². The molecule has 2 heterocycles. The first-order chi connectivity index (χ1) is 15.5. The van der Waals surface area contributed by atoms with E-state index in [1.807, 2.05) is 35.2 Å². The van der Waals surface area contributed by atoms with E-state index in [0.717, 1.165) is 29.8 Å². The summed E-state index contributed by atoms with van der Waals surface area (Å²) < 4.78 is 0. The number of hydrogen-bond acceptors (Lipinski definition) is 4. The summed E-state index contributed by atoms with van der Waals surface area (Å²) in [6.07, 6.45) is 1.76. The number of rotatable bonds is 6. The van der Waals surface area contributed by atoms with Crippen molar-refractivity contribution in [2.24, 2.45) is 0 Å². The number of likely N-dealkylation sites (tertiary alicyclic amines) is 1. The number of nitrogens with one attached hydrogen (secondary N) is 3. The zero-order chi connectivity index (χ0) is 22.5. The molecule has 1 fully saturated rings. The Labute approximate surface area is 188 Å². The highest BCUT2D eigenvalue weighted by atomic mass is 16.2. The number of benzene rings is 2. The third-order valence-electron chi connectivity index (χ3n) is 6.11. The van der Waals surface area contributed by atoms with Crippen molar-refractivity contribution in [3.05, 3.63) is 71.4 Å². The molecule has 1 saturated heterocycles. The van der Waals surface area contributed by atoms with Crippen LogP contribution in [0.3, 0.4) is 0 Å². The Morgan fingerprint density at radius 3 is 2.56 bits per heavy atom. The van der Waals surface area contributed by atoms with Gasteiger partial charge in [0, 0.05) is 24.8 Å². The van der Waals surface area contributed by atoms with Crippen LogP contribution in [0.25, 0.3) is 11.3 Å². The normalized spacial score (nSPS) is 14.2. The van der Waals surface area contributed by atoms with Gasteiger partial charge in [-0.05, 0) is 55.5 Å². The van der Waals surface area contributed by atoms with Crippen molar-refractivity contribution in [3.8, 4) is 11.3 Å². The number of carbonyl (C=O) groups excluding carboxylic acids is 2. The van der Waals surface area contributed by atoms with Gasteiger partial charge in [0.25, 0.3) is 5.91 Å². The van der Waals surface area contributed by atoms with Crippen LogP contribution >= 0.6 is 0 Å². The molecular formula is C25H29N5O2. The molecular weight excluding hydrogens is 402 g/mol. The molecule has 0 spiro atoms. The van der Waals surface area contributed by atoms with Crippen LogP contribution in [0.15, 0.2) is 54.6 Å². The van der Waals surface area contributed by atoms with Gasteiger partial charge >= 0.3 is 0 Å². The van der Waals surface area contributed by atoms with Gasteiger partial charge in [-0.2, -0.15) is 5.10 Å². The van der Waals surface area contributed by atoms with Gasteiger partial charge in [-0.25, -0.2) is 0 Å². The molecule has 2 aromatic carbocycles. The first kappa shape index (κ1) is 21.6. The fraction of sp³-hybridized carbons (Fsp3) is 0.320. The highest BCUT2D eigenvalue weighted by Gasteiger charge is 2.23. The van der Waals surface area contributed by atoms with E-state index in [9.17, 15) is 9.59 Å². The van der Waals surface area contributed by atoms with E-state index in [2.05, 4.69) is 52.9 Å². The lowest BCUT2D eigenvalue weighted by atomic mass is 10.0.